The van der Waals surface area contributed by atoms with E-state index >= 15 is 0 Å². The Balaban J connectivity index is 1.89. The molecular weight excluding hydrogens is 358 g/mol. The molecule has 0 aliphatic carbocycles. The minimum absolute atomic E-state index is 0.0911. The standard InChI is InChI=1S/C21H17N3O4/c22-16-12-11-15-19(23-16)24(17(21(26)27)13-7-3-1-4-8-13)20(25)18(28-15)14-9-5-2-6-10-14/h1-12,17-18H,(H2,22,23)(H,26,27). The van der Waals surface area contributed by atoms with Gasteiger partial charge in [0.05, 0.1) is 0 Å². The van der Waals surface area contributed by atoms with Gasteiger partial charge in [-0.15, -0.1) is 0 Å². The molecule has 140 valence electrons. The minimum Gasteiger partial charge on any atom is -0.479 e. The minimum atomic E-state index is -1.27. The van der Waals surface area contributed by atoms with Crippen LogP contribution in [0.1, 0.15) is 23.3 Å². The second-order valence-corrected chi connectivity index (χ2v) is 6.33. The van der Waals surface area contributed by atoms with Crippen molar-refractivity contribution in [2.45, 2.75) is 12.1 Å². The van der Waals surface area contributed by atoms with Crippen molar-refractivity contribution in [3.63, 3.8) is 0 Å². The third-order valence-electron chi connectivity index (χ3n) is 4.51. The molecule has 1 amide bonds. The number of nitrogens with two attached hydrogens (primary N) is 1. The third kappa shape index (κ3) is 3.03. The molecule has 0 bridgehead atoms. The summed E-state index contributed by atoms with van der Waals surface area (Å²) in [7, 11) is 0. The van der Waals surface area contributed by atoms with Gasteiger partial charge in [-0.25, -0.2) is 9.78 Å². The van der Waals surface area contributed by atoms with Crippen molar-refractivity contribution in [2.24, 2.45) is 0 Å². The van der Waals surface area contributed by atoms with Gasteiger partial charge in [-0.3, -0.25) is 9.69 Å². The largest absolute Gasteiger partial charge is 0.479 e. The first kappa shape index (κ1) is 17.5. The number of carbonyl (C=O) groups excluding carboxylic acids is 1. The van der Waals surface area contributed by atoms with E-state index in [0.717, 1.165) is 4.90 Å². The van der Waals surface area contributed by atoms with E-state index in [2.05, 4.69) is 4.98 Å². The van der Waals surface area contributed by atoms with Crippen LogP contribution in [0, 0.1) is 0 Å². The maximum absolute atomic E-state index is 13.4. The van der Waals surface area contributed by atoms with Gasteiger partial charge in [-0.1, -0.05) is 60.7 Å². The van der Waals surface area contributed by atoms with Gasteiger partial charge in [-0.05, 0) is 17.7 Å². The molecule has 4 rings (SSSR count). The van der Waals surface area contributed by atoms with Crippen LogP contribution in [0.15, 0.2) is 72.8 Å². The van der Waals surface area contributed by atoms with Crippen LogP contribution in [0.25, 0.3) is 0 Å². The fraction of sp³-hybridized carbons (Fsp3) is 0.0952. The monoisotopic (exact) mass is 375 g/mol. The number of carboxylic acid groups (broad SMARTS) is 1. The lowest BCUT2D eigenvalue weighted by molar-refractivity contribution is -0.141. The van der Waals surface area contributed by atoms with Gasteiger partial charge in [0, 0.05) is 5.56 Å². The van der Waals surface area contributed by atoms with Crippen LogP contribution in [0.2, 0.25) is 0 Å². The van der Waals surface area contributed by atoms with Crippen molar-refractivity contribution < 1.29 is 19.4 Å². The Morgan fingerprint density at radius 1 is 1.04 bits per heavy atom. The number of rotatable bonds is 4. The van der Waals surface area contributed by atoms with Crippen molar-refractivity contribution in [2.75, 3.05) is 10.6 Å². The lowest BCUT2D eigenvalue weighted by Gasteiger charge is -2.36. The Bertz CT molecular complexity index is 1020. The van der Waals surface area contributed by atoms with Crippen LogP contribution < -0.4 is 15.4 Å². The van der Waals surface area contributed by atoms with Crippen molar-refractivity contribution >= 4 is 23.5 Å². The molecule has 28 heavy (non-hydrogen) atoms. The van der Waals surface area contributed by atoms with Crippen molar-refractivity contribution in [3.8, 4) is 5.75 Å². The van der Waals surface area contributed by atoms with E-state index in [1.54, 1.807) is 66.7 Å². The number of ether oxygens (including phenoxy) is 1. The zero-order valence-electron chi connectivity index (χ0n) is 14.7. The molecular formula is C21H17N3O4. The van der Waals surface area contributed by atoms with E-state index in [9.17, 15) is 14.7 Å². The Morgan fingerprint density at radius 3 is 2.32 bits per heavy atom. The summed E-state index contributed by atoms with van der Waals surface area (Å²) < 4.78 is 5.88. The molecule has 3 N–H and O–H groups in total. The summed E-state index contributed by atoms with van der Waals surface area (Å²) in [6, 6.07) is 19.3. The zero-order valence-corrected chi connectivity index (χ0v) is 14.7. The smallest absolute Gasteiger partial charge is 0.331 e. The number of amides is 1. The topological polar surface area (TPSA) is 106 Å². The highest BCUT2D eigenvalue weighted by molar-refractivity contribution is 6.04. The van der Waals surface area contributed by atoms with Crippen LogP contribution in [-0.4, -0.2) is 22.0 Å². The van der Waals surface area contributed by atoms with E-state index in [1.807, 2.05) is 6.07 Å². The van der Waals surface area contributed by atoms with Gasteiger partial charge in [0.25, 0.3) is 5.91 Å². The van der Waals surface area contributed by atoms with Crippen molar-refractivity contribution in [3.05, 3.63) is 83.9 Å². The maximum atomic E-state index is 13.4. The summed E-state index contributed by atoms with van der Waals surface area (Å²) in [6.07, 6.45) is -0.982. The first-order valence-electron chi connectivity index (χ1n) is 8.65. The molecule has 1 aliphatic rings. The Hall–Kier alpha value is -3.87. The summed E-state index contributed by atoms with van der Waals surface area (Å²) in [4.78, 5) is 30.9. The summed E-state index contributed by atoms with van der Waals surface area (Å²) >= 11 is 0. The van der Waals surface area contributed by atoms with Gasteiger partial charge in [0.2, 0.25) is 6.10 Å². The summed E-state index contributed by atoms with van der Waals surface area (Å²) in [5, 5.41) is 9.95. The number of benzene rings is 2. The second kappa shape index (κ2) is 7.03. The molecule has 2 atom stereocenters. The molecule has 2 aromatic carbocycles. The van der Waals surface area contributed by atoms with E-state index in [1.165, 1.54) is 0 Å². The zero-order chi connectivity index (χ0) is 19.7. The number of pyridine rings is 1. The van der Waals surface area contributed by atoms with Gasteiger partial charge in [0.1, 0.15) is 5.82 Å². The molecule has 0 radical (unpaired) electrons. The number of carbonyl (C=O) groups is 2. The summed E-state index contributed by atoms with van der Waals surface area (Å²) in [6.45, 7) is 0. The van der Waals surface area contributed by atoms with Gasteiger partial charge in [-0.2, -0.15) is 0 Å². The Kier molecular flexibility index (Phi) is 4.41. The van der Waals surface area contributed by atoms with E-state index < -0.39 is 24.0 Å². The maximum Gasteiger partial charge on any atom is 0.331 e. The van der Waals surface area contributed by atoms with Crippen LogP contribution in [0.4, 0.5) is 11.6 Å². The number of aromatic nitrogens is 1. The molecule has 0 saturated heterocycles. The van der Waals surface area contributed by atoms with Crippen molar-refractivity contribution in [1.29, 1.82) is 0 Å². The Morgan fingerprint density at radius 2 is 1.68 bits per heavy atom. The number of fused-ring (bicyclic) bond motifs is 1. The van der Waals surface area contributed by atoms with Gasteiger partial charge in [0.15, 0.2) is 17.6 Å². The summed E-state index contributed by atoms with van der Waals surface area (Å²) in [5.74, 6) is -1.15. The molecule has 7 heteroatoms. The highest BCUT2D eigenvalue weighted by atomic mass is 16.5. The average molecular weight is 375 g/mol. The average Bonchev–Trinajstić information content (AvgIpc) is 2.71. The number of hydrogen-bond donors (Lipinski definition) is 2. The number of nitrogen functional groups attached to an aromatic ring is 1. The van der Waals surface area contributed by atoms with E-state index in [0.29, 0.717) is 16.9 Å². The predicted molar refractivity (Wildman–Crippen MR) is 103 cm³/mol. The highest BCUT2D eigenvalue weighted by Gasteiger charge is 2.43. The second-order valence-electron chi connectivity index (χ2n) is 6.33. The molecule has 2 heterocycles. The summed E-state index contributed by atoms with van der Waals surface area (Å²) in [5.41, 5.74) is 6.87. The normalized spacial score (nSPS) is 16.8. The van der Waals surface area contributed by atoms with Crippen LogP contribution in [0.5, 0.6) is 5.75 Å². The lowest BCUT2D eigenvalue weighted by atomic mass is 10.0. The predicted octanol–water partition coefficient (Wildman–Crippen LogP) is 2.96. The lowest BCUT2D eigenvalue weighted by Crippen LogP contribution is -2.46. The molecule has 0 spiro atoms. The van der Waals surface area contributed by atoms with Crippen LogP contribution in [0.3, 0.4) is 0 Å². The Labute approximate surface area is 161 Å². The molecule has 3 aromatic rings. The molecule has 1 aromatic heterocycles. The molecule has 2 unspecified atom stereocenters. The van der Waals surface area contributed by atoms with Gasteiger partial charge < -0.3 is 15.6 Å². The fourth-order valence-electron chi connectivity index (χ4n) is 3.25. The van der Waals surface area contributed by atoms with E-state index in [-0.39, 0.29) is 11.6 Å². The quantitative estimate of drug-likeness (QED) is 0.726. The third-order valence-corrected chi connectivity index (χ3v) is 4.51. The SMILES string of the molecule is Nc1ccc2c(n1)N(C(C(=O)O)c1ccccc1)C(=O)C(c1ccccc1)O2. The molecule has 7 nitrogen and oxygen atoms in total. The number of carboxylic acids is 1. The first-order valence-corrected chi connectivity index (χ1v) is 8.65. The number of aliphatic carboxylic acids is 1. The fourth-order valence-corrected chi connectivity index (χ4v) is 3.25. The van der Waals surface area contributed by atoms with Crippen LogP contribution >= 0.6 is 0 Å². The number of anilines is 2. The molecule has 0 saturated carbocycles. The number of nitrogens with zero attached hydrogens (tertiary/aromatic N) is 2. The molecule has 0 fully saturated rings. The van der Waals surface area contributed by atoms with Crippen LogP contribution in [-0.2, 0) is 9.59 Å². The highest BCUT2D eigenvalue weighted by Crippen LogP contribution is 2.42. The number of hydrogen-bond acceptors (Lipinski definition) is 5. The molecule has 1 aliphatic heterocycles. The van der Waals surface area contributed by atoms with E-state index in [4.69, 9.17) is 10.5 Å². The van der Waals surface area contributed by atoms with Crippen molar-refractivity contribution in [1.82, 2.24) is 4.98 Å². The first-order chi connectivity index (χ1) is 13.6. The van der Waals surface area contributed by atoms with Gasteiger partial charge >= 0.3 is 5.97 Å².